The van der Waals surface area contributed by atoms with Gasteiger partial charge >= 0.3 is 0 Å². The Morgan fingerprint density at radius 2 is 0.895 bits per heavy atom. The molecule has 2 nitrogen and oxygen atoms in total. The molecule has 0 heterocycles. The summed E-state index contributed by atoms with van der Waals surface area (Å²) in [5, 5.41) is 5.85. The number of hydrogen-bond acceptors (Lipinski definition) is 2. The molecule has 4 aromatic rings. The lowest BCUT2D eigenvalue weighted by Gasteiger charge is -2.66. The molecule has 198 valence electrons. The number of benzene rings is 4. The third kappa shape index (κ3) is 4.90. The fraction of sp³-hybridized carbons (Fsp3) is 0.212. The fourth-order valence-corrected chi connectivity index (χ4v) is 16.5. The number of hydrogen-bond donors (Lipinski definition) is 0. The van der Waals surface area contributed by atoms with Gasteiger partial charge in [0.25, 0.3) is 0 Å². The highest BCUT2D eigenvalue weighted by atomic mass is 32.1. The van der Waals surface area contributed by atoms with Crippen LogP contribution in [0.4, 0.5) is 0 Å². The second-order valence-electron chi connectivity index (χ2n) is 10.6. The van der Waals surface area contributed by atoms with E-state index < -0.39 is 26.8 Å². The van der Waals surface area contributed by atoms with Gasteiger partial charge in [-0.2, -0.15) is 26.4 Å². The van der Waals surface area contributed by atoms with Gasteiger partial charge in [-0.05, 0) is 25.9 Å². The summed E-state index contributed by atoms with van der Waals surface area (Å²) >= 11 is 3.74. The molecule has 0 aliphatic rings. The first-order valence-electron chi connectivity index (χ1n) is 13.1. The van der Waals surface area contributed by atoms with Crippen molar-refractivity contribution in [1.29, 1.82) is 0 Å². The highest BCUT2D eigenvalue weighted by Gasteiger charge is 2.46. The van der Waals surface area contributed by atoms with E-state index in [9.17, 15) is 0 Å². The Morgan fingerprint density at radius 3 is 1.21 bits per heavy atom. The van der Waals surface area contributed by atoms with Crippen LogP contribution in [0.2, 0.25) is 0 Å². The summed E-state index contributed by atoms with van der Waals surface area (Å²) < 4.78 is 14.2. The van der Waals surface area contributed by atoms with Gasteiger partial charge in [-0.1, -0.05) is 154 Å². The SMILES string of the molecule is COC(C)(C)[Si-](OC(C)(C)[Si-](C=C[SH2+])(c1ccccc1)c1ccccc1)(c1ccccc1)c1ccccc1. The van der Waals surface area contributed by atoms with Crippen molar-refractivity contribution in [2.24, 2.45) is 0 Å². The third-order valence-corrected chi connectivity index (χ3v) is 18.7. The lowest BCUT2D eigenvalue weighted by atomic mass is 10.4. The zero-order valence-corrected chi connectivity index (χ0v) is 26.0. The monoisotopic (exact) mass is 555 g/mol. The molecule has 38 heavy (non-hydrogen) atoms. The minimum absolute atomic E-state index is 0.571. The van der Waals surface area contributed by atoms with Crippen LogP contribution in [0.25, 0.3) is 0 Å². The van der Waals surface area contributed by atoms with Crippen LogP contribution >= 0.6 is 0 Å². The molecule has 0 N–H and O–H groups in total. The van der Waals surface area contributed by atoms with Gasteiger partial charge < -0.3 is 9.16 Å². The van der Waals surface area contributed by atoms with Crippen molar-refractivity contribution < 1.29 is 9.16 Å². The van der Waals surface area contributed by atoms with Gasteiger partial charge in [0.2, 0.25) is 0 Å². The summed E-state index contributed by atoms with van der Waals surface area (Å²) in [6.45, 7) is 8.93. The van der Waals surface area contributed by atoms with Crippen LogP contribution in [-0.4, -0.2) is 33.9 Å². The van der Waals surface area contributed by atoms with Gasteiger partial charge in [0.1, 0.15) is 0 Å². The van der Waals surface area contributed by atoms with Crippen molar-refractivity contribution >= 4 is 49.8 Å². The summed E-state index contributed by atoms with van der Waals surface area (Å²) in [7, 11) is -3.96. The van der Waals surface area contributed by atoms with Crippen LogP contribution in [-0.2, 0) is 21.8 Å². The van der Waals surface area contributed by atoms with Crippen molar-refractivity contribution in [3.63, 3.8) is 0 Å². The van der Waals surface area contributed by atoms with Crippen molar-refractivity contribution in [3.05, 3.63) is 132 Å². The molecule has 5 heteroatoms. The minimum Gasteiger partial charge on any atom is -0.576 e. The number of rotatable bonds is 10. The van der Waals surface area contributed by atoms with Crippen molar-refractivity contribution in [2.75, 3.05) is 7.11 Å². The summed E-state index contributed by atoms with van der Waals surface area (Å²) in [5.74, 6) is 0. The maximum atomic E-state index is 7.88. The van der Waals surface area contributed by atoms with Gasteiger partial charge in [0.15, 0.2) is 0 Å². The van der Waals surface area contributed by atoms with E-state index in [1.165, 1.54) is 20.7 Å². The topological polar surface area (TPSA) is 18.5 Å². The zero-order valence-electron chi connectivity index (χ0n) is 23.0. The third-order valence-electron chi connectivity index (χ3n) is 7.87. The molecule has 0 radical (unpaired) electrons. The van der Waals surface area contributed by atoms with E-state index in [0.717, 1.165) is 0 Å². The first-order chi connectivity index (χ1) is 18.2. The molecule has 0 aliphatic heterocycles. The van der Waals surface area contributed by atoms with E-state index in [-0.39, 0.29) is 0 Å². The Hall–Kier alpha value is -2.68. The smallest absolute Gasteiger partial charge is 0.0773 e. The van der Waals surface area contributed by atoms with Gasteiger partial charge in [0.05, 0.1) is 13.7 Å². The van der Waals surface area contributed by atoms with E-state index in [4.69, 9.17) is 9.16 Å². The van der Waals surface area contributed by atoms with Crippen LogP contribution in [0, 0.1) is 0 Å². The predicted octanol–water partition coefficient (Wildman–Crippen LogP) is 4.37. The summed E-state index contributed by atoms with van der Waals surface area (Å²) in [6.07, 6.45) is 0. The Balaban J connectivity index is 2.08. The quantitative estimate of drug-likeness (QED) is 0.214. The van der Waals surface area contributed by atoms with E-state index in [1.807, 2.05) is 5.41 Å². The lowest BCUT2D eigenvalue weighted by Crippen LogP contribution is -2.81. The first kappa shape index (κ1) is 28.3. The molecule has 0 saturated carbocycles. The maximum Gasteiger partial charge on any atom is 0.0773 e. The van der Waals surface area contributed by atoms with Crippen molar-refractivity contribution in [1.82, 2.24) is 0 Å². The van der Waals surface area contributed by atoms with Crippen LogP contribution < -0.4 is 20.7 Å². The molecule has 0 aromatic heterocycles. The molecule has 4 aromatic carbocycles. The van der Waals surface area contributed by atoms with E-state index in [0.29, 0.717) is 0 Å². The highest BCUT2D eigenvalue weighted by molar-refractivity contribution is 7.62. The first-order valence-corrected chi connectivity index (χ1v) is 17.6. The average Bonchev–Trinajstić information content (AvgIpc) is 2.96. The maximum absolute atomic E-state index is 7.88. The molecule has 0 spiro atoms. The predicted molar refractivity (Wildman–Crippen MR) is 171 cm³/mol. The summed E-state index contributed by atoms with van der Waals surface area (Å²) in [6, 6.07) is 43.2. The van der Waals surface area contributed by atoms with Crippen LogP contribution in [0.15, 0.2) is 132 Å². The van der Waals surface area contributed by atoms with Crippen molar-refractivity contribution in [3.8, 4) is 0 Å². The molecule has 0 unspecified atom stereocenters. The Morgan fingerprint density at radius 1 is 0.553 bits per heavy atom. The molecule has 0 fully saturated rings. The molecule has 0 atom stereocenters. The standard InChI is InChI=1S/C33H38O2SSi2/c1-32(2,34-5)38(30-22-14-8-15-23-30,31-24-16-9-17-25-31)35-33(3,4)37(27-26-36,28-18-10-6-11-19-28)29-20-12-7-13-21-29/h6-27,36H,1-5H3/q-2/p+1. The largest absolute Gasteiger partial charge is 0.576 e. The second-order valence-corrected chi connectivity index (χ2v) is 19.2. The van der Waals surface area contributed by atoms with Crippen LogP contribution in [0.1, 0.15) is 27.7 Å². The van der Waals surface area contributed by atoms with Gasteiger partial charge in [0, 0.05) is 7.11 Å². The van der Waals surface area contributed by atoms with Gasteiger partial charge in [-0.25, -0.2) is 0 Å². The highest BCUT2D eigenvalue weighted by Crippen LogP contribution is 2.35. The van der Waals surface area contributed by atoms with Gasteiger partial charge in [-0.3, -0.25) is 0 Å². The lowest BCUT2D eigenvalue weighted by molar-refractivity contribution is 0.0525. The summed E-state index contributed by atoms with van der Waals surface area (Å²) in [4.78, 5) is 0. The van der Waals surface area contributed by atoms with E-state index in [2.05, 4.69) is 167 Å². The fourth-order valence-electron chi connectivity index (χ4n) is 5.84. The van der Waals surface area contributed by atoms with Gasteiger partial charge in [-0.15, -0.1) is 0 Å². The van der Waals surface area contributed by atoms with E-state index in [1.54, 1.807) is 7.11 Å². The number of ether oxygens (including phenoxy) is 1. The molecule has 0 aliphatic carbocycles. The minimum atomic E-state index is -3.05. The van der Waals surface area contributed by atoms with Crippen LogP contribution in [0.5, 0.6) is 0 Å². The molecule has 0 bridgehead atoms. The Kier molecular flexibility index (Phi) is 8.65. The molecule has 0 saturated heterocycles. The molecule has 0 amide bonds. The second kappa shape index (κ2) is 11.6. The van der Waals surface area contributed by atoms with E-state index >= 15 is 0 Å². The molecule has 4 rings (SSSR count). The Labute approximate surface area is 235 Å². The number of methoxy groups -OCH3 is 1. The summed E-state index contributed by atoms with van der Waals surface area (Å²) in [5.41, 5.74) is 2.36. The Bertz CT molecular complexity index is 1250. The molecular formula is C33H39O2SSi2-. The molecular weight excluding hydrogens is 517 g/mol. The average molecular weight is 556 g/mol. The normalized spacial score (nSPS) is 13.1. The van der Waals surface area contributed by atoms with Crippen LogP contribution in [0.3, 0.4) is 0 Å². The van der Waals surface area contributed by atoms with Crippen molar-refractivity contribution in [2.45, 2.75) is 38.1 Å². The zero-order chi connectivity index (χ0) is 27.3.